The molecule has 1 aromatic carbocycles. The molecular weight excluding hydrogens is 344 g/mol. The van der Waals surface area contributed by atoms with Crippen LogP contribution in [0.4, 0.5) is 10.7 Å². The first-order valence-electron chi connectivity index (χ1n) is 7.66. The molecule has 0 bridgehead atoms. The first-order chi connectivity index (χ1) is 11.7. The van der Waals surface area contributed by atoms with Gasteiger partial charge in [0.15, 0.2) is 0 Å². The van der Waals surface area contributed by atoms with Crippen LogP contribution in [0.2, 0.25) is 5.02 Å². The van der Waals surface area contributed by atoms with E-state index >= 15 is 0 Å². The fourth-order valence-corrected chi connectivity index (χ4v) is 3.56. The van der Waals surface area contributed by atoms with Crippen LogP contribution >= 0.6 is 22.9 Å². The summed E-state index contributed by atoms with van der Waals surface area (Å²) in [7, 11) is 0. The van der Waals surface area contributed by atoms with Crippen LogP contribution in [0.3, 0.4) is 0 Å². The van der Waals surface area contributed by atoms with Gasteiger partial charge in [-0.1, -0.05) is 11.6 Å². The van der Waals surface area contributed by atoms with Gasteiger partial charge >= 0.3 is 0 Å². The number of thiophene rings is 1. The third-order valence-corrected chi connectivity index (χ3v) is 5.05. The fourth-order valence-electron chi connectivity index (χ4n) is 2.68. The van der Waals surface area contributed by atoms with Crippen molar-refractivity contribution in [3.8, 4) is 6.07 Å². The van der Waals surface area contributed by atoms with Crippen molar-refractivity contribution in [3.05, 3.63) is 46.3 Å². The summed E-state index contributed by atoms with van der Waals surface area (Å²) >= 11 is 7.29. The van der Waals surface area contributed by atoms with Crippen molar-refractivity contribution in [3.63, 3.8) is 0 Å². The van der Waals surface area contributed by atoms with E-state index in [4.69, 9.17) is 16.9 Å². The molecule has 7 heteroatoms. The predicted molar refractivity (Wildman–Crippen MR) is 97.8 cm³/mol. The highest BCUT2D eigenvalue weighted by atomic mass is 35.5. The van der Waals surface area contributed by atoms with Crippen LogP contribution in [0.15, 0.2) is 35.7 Å². The first kappa shape index (κ1) is 16.8. The van der Waals surface area contributed by atoms with Crippen molar-refractivity contribution < 1.29 is 4.79 Å². The number of amides is 1. The topological polar surface area (TPSA) is 59.4 Å². The van der Waals surface area contributed by atoms with Crippen LogP contribution in [-0.4, -0.2) is 43.5 Å². The second-order valence-electron chi connectivity index (χ2n) is 5.56. The minimum atomic E-state index is -0.0751. The van der Waals surface area contributed by atoms with E-state index in [-0.39, 0.29) is 5.91 Å². The van der Waals surface area contributed by atoms with Crippen molar-refractivity contribution in [2.45, 2.75) is 0 Å². The maximum atomic E-state index is 12.2. The highest BCUT2D eigenvalue weighted by Gasteiger charge is 2.19. The van der Waals surface area contributed by atoms with Crippen LogP contribution < -0.4 is 10.2 Å². The van der Waals surface area contributed by atoms with Gasteiger partial charge in [-0.15, -0.1) is 11.3 Å². The summed E-state index contributed by atoms with van der Waals surface area (Å²) in [6.07, 6.45) is 0. The minimum absolute atomic E-state index is 0.0751. The Kier molecular flexibility index (Phi) is 5.36. The number of anilines is 2. The molecule has 1 aromatic heterocycles. The molecule has 5 nitrogen and oxygen atoms in total. The maximum Gasteiger partial charge on any atom is 0.239 e. The fraction of sp³-hybridized carbons (Fsp3) is 0.294. The van der Waals surface area contributed by atoms with Gasteiger partial charge in [0.1, 0.15) is 11.1 Å². The van der Waals surface area contributed by atoms with Crippen molar-refractivity contribution in [1.29, 1.82) is 5.26 Å². The van der Waals surface area contributed by atoms with Crippen LogP contribution in [0.5, 0.6) is 0 Å². The monoisotopic (exact) mass is 360 g/mol. The molecule has 0 unspecified atom stereocenters. The maximum absolute atomic E-state index is 12.2. The molecule has 3 rings (SSSR count). The van der Waals surface area contributed by atoms with Gasteiger partial charge in [-0.05, 0) is 35.7 Å². The van der Waals surface area contributed by atoms with Crippen LogP contribution in [0.25, 0.3) is 0 Å². The first-order valence-corrected chi connectivity index (χ1v) is 8.92. The Hall–Kier alpha value is -2.07. The molecule has 24 heavy (non-hydrogen) atoms. The number of nitriles is 1. The summed E-state index contributed by atoms with van der Waals surface area (Å²) in [5.74, 6) is -0.0751. The third-order valence-electron chi connectivity index (χ3n) is 3.97. The Balaban J connectivity index is 1.49. The van der Waals surface area contributed by atoms with Crippen LogP contribution in [0, 0.1) is 11.3 Å². The molecule has 0 radical (unpaired) electrons. The Morgan fingerprint density at radius 1 is 1.21 bits per heavy atom. The lowest BCUT2D eigenvalue weighted by atomic mass is 10.2. The SMILES string of the molecule is N#Cc1ccsc1NC(=O)CN1CCN(c2ccc(Cl)cc2)CC1. The molecule has 0 spiro atoms. The second kappa shape index (κ2) is 7.67. The average Bonchev–Trinajstić information content (AvgIpc) is 3.03. The van der Waals surface area contributed by atoms with Gasteiger partial charge in [-0.3, -0.25) is 9.69 Å². The Morgan fingerprint density at radius 3 is 2.58 bits per heavy atom. The normalized spacial score (nSPS) is 15.1. The smallest absolute Gasteiger partial charge is 0.239 e. The number of carbonyl (C=O) groups is 1. The van der Waals surface area contributed by atoms with Gasteiger partial charge in [0.05, 0.1) is 12.1 Å². The zero-order valence-electron chi connectivity index (χ0n) is 13.0. The standard InChI is InChI=1S/C17H17ClN4OS/c18-14-1-3-15(4-2-14)22-8-6-21(7-9-22)12-16(23)20-17-13(11-19)5-10-24-17/h1-5,10H,6-9,12H2,(H,20,23). The van der Waals surface area contributed by atoms with Crippen LogP contribution in [0.1, 0.15) is 5.56 Å². The van der Waals surface area contributed by atoms with Gasteiger partial charge < -0.3 is 10.2 Å². The molecule has 1 aliphatic rings. The minimum Gasteiger partial charge on any atom is -0.369 e. The van der Waals surface area contributed by atoms with E-state index in [1.165, 1.54) is 11.3 Å². The average molecular weight is 361 g/mol. The van der Waals surface area contributed by atoms with Crippen molar-refractivity contribution in [2.75, 3.05) is 42.9 Å². The second-order valence-corrected chi connectivity index (χ2v) is 6.92. The molecule has 124 valence electrons. The number of nitrogens with one attached hydrogen (secondary N) is 1. The molecule has 2 heterocycles. The van der Waals surface area contributed by atoms with Crippen molar-refractivity contribution in [1.82, 2.24) is 4.90 Å². The van der Waals surface area contributed by atoms with E-state index in [0.717, 1.165) is 36.9 Å². The van der Waals surface area contributed by atoms with Crippen molar-refractivity contribution in [2.24, 2.45) is 0 Å². The summed E-state index contributed by atoms with van der Waals surface area (Å²) in [5.41, 5.74) is 1.67. The molecule has 1 N–H and O–H groups in total. The lowest BCUT2D eigenvalue weighted by Crippen LogP contribution is -2.48. The number of hydrogen-bond donors (Lipinski definition) is 1. The zero-order valence-corrected chi connectivity index (χ0v) is 14.6. The number of rotatable bonds is 4. The zero-order chi connectivity index (χ0) is 16.9. The number of carbonyl (C=O) groups excluding carboxylic acids is 1. The summed E-state index contributed by atoms with van der Waals surface area (Å²) in [6.45, 7) is 3.74. The Morgan fingerprint density at radius 2 is 1.92 bits per heavy atom. The van der Waals surface area contributed by atoms with E-state index in [0.29, 0.717) is 17.1 Å². The Labute approximate surface area is 150 Å². The highest BCUT2D eigenvalue weighted by Crippen LogP contribution is 2.22. The van der Waals surface area contributed by atoms with Gasteiger partial charge in [-0.2, -0.15) is 5.26 Å². The summed E-state index contributed by atoms with van der Waals surface area (Å²) in [4.78, 5) is 16.6. The Bertz CT molecular complexity index is 745. The third kappa shape index (κ3) is 4.06. The van der Waals surface area contributed by atoms with E-state index in [2.05, 4.69) is 21.2 Å². The van der Waals surface area contributed by atoms with Gasteiger partial charge in [0, 0.05) is 36.9 Å². The lowest BCUT2D eigenvalue weighted by Gasteiger charge is -2.35. The number of piperazine rings is 1. The predicted octanol–water partition coefficient (Wildman–Crippen LogP) is 3.03. The molecule has 0 aliphatic carbocycles. The molecule has 1 aliphatic heterocycles. The molecule has 0 saturated carbocycles. The van der Waals surface area contributed by atoms with Gasteiger partial charge in [-0.25, -0.2) is 0 Å². The van der Waals surface area contributed by atoms with Crippen molar-refractivity contribution >= 4 is 39.5 Å². The summed E-state index contributed by atoms with van der Waals surface area (Å²) in [6, 6.07) is 11.6. The van der Waals surface area contributed by atoms with E-state index < -0.39 is 0 Å². The van der Waals surface area contributed by atoms with Gasteiger partial charge in [0.25, 0.3) is 0 Å². The number of benzene rings is 1. The van der Waals surface area contributed by atoms with E-state index in [1.54, 1.807) is 11.4 Å². The molecule has 1 saturated heterocycles. The molecule has 1 amide bonds. The molecule has 2 aromatic rings. The molecule has 0 atom stereocenters. The molecular formula is C17H17ClN4OS. The quantitative estimate of drug-likeness (QED) is 0.910. The number of hydrogen-bond acceptors (Lipinski definition) is 5. The molecule has 1 fully saturated rings. The summed E-state index contributed by atoms with van der Waals surface area (Å²) < 4.78 is 0. The van der Waals surface area contributed by atoms with E-state index in [9.17, 15) is 4.79 Å². The highest BCUT2D eigenvalue weighted by molar-refractivity contribution is 7.14. The lowest BCUT2D eigenvalue weighted by molar-refractivity contribution is -0.117. The van der Waals surface area contributed by atoms with Crippen LogP contribution in [-0.2, 0) is 4.79 Å². The number of nitrogens with zero attached hydrogens (tertiary/aromatic N) is 3. The number of halogens is 1. The summed E-state index contributed by atoms with van der Waals surface area (Å²) in [5, 5.41) is 15.0. The van der Waals surface area contributed by atoms with Gasteiger partial charge in [0.2, 0.25) is 5.91 Å². The van der Waals surface area contributed by atoms with E-state index in [1.807, 2.05) is 24.3 Å². The largest absolute Gasteiger partial charge is 0.369 e.